The molecule has 2 rings (SSSR count). The number of hydrogen-bond donors (Lipinski definition) is 3. The molecule has 0 radical (unpaired) electrons. The standard InChI is InChI=1S/C21H27N3O3/c1-15(20(25)23-14-17-10-6-7-11-19(17)27-2)24-21(26)18(22)13-12-16-8-4-3-5-9-16/h3-11,15,18H,12-14,22H2,1-2H3,(H,23,25)(H,24,26)/t15-,18+/m0/s1. The Morgan fingerprint density at radius 2 is 1.70 bits per heavy atom. The SMILES string of the molecule is COc1ccccc1CNC(=O)[C@H](C)NC(=O)[C@H](N)CCc1ccccc1. The van der Waals surface area contributed by atoms with Gasteiger partial charge in [-0.15, -0.1) is 0 Å². The Labute approximate surface area is 160 Å². The van der Waals surface area contributed by atoms with Crippen LogP contribution in [0.15, 0.2) is 54.6 Å². The number of aryl methyl sites for hydroxylation is 1. The molecule has 27 heavy (non-hydrogen) atoms. The van der Waals surface area contributed by atoms with Crippen LogP contribution < -0.4 is 21.1 Å². The summed E-state index contributed by atoms with van der Waals surface area (Å²) in [5, 5.41) is 5.47. The molecular formula is C21H27N3O3. The van der Waals surface area contributed by atoms with Crippen LogP contribution >= 0.6 is 0 Å². The van der Waals surface area contributed by atoms with E-state index in [-0.39, 0.29) is 11.8 Å². The van der Waals surface area contributed by atoms with Crippen LogP contribution in [-0.4, -0.2) is 31.0 Å². The highest BCUT2D eigenvalue weighted by Gasteiger charge is 2.20. The average molecular weight is 369 g/mol. The van der Waals surface area contributed by atoms with Gasteiger partial charge in [-0.05, 0) is 31.4 Å². The summed E-state index contributed by atoms with van der Waals surface area (Å²) in [5.74, 6) is 0.104. The molecule has 0 saturated heterocycles. The minimum atomic E-state index is -0.671. The minimum Gasteiger partial charge on any atom is -0.496 e. The molecule has 2 atom stereocenters. The maximum absolute atomic E-state index is 12.2. The number of nitrogens with two attached hydrogens (primary N) is 1. The predicted octanol–water partition coefficient (Wildman–Crippen LogP) is 1.78. The molecule has 0 spiro atoms. The number of para-hydroxylation sites is 1. The van der Waals surface area contributed by atoms with Gasteiger partial charge in [0.05, 0.1) is 13.2 Å². The van der Waals surface area contributed by atoms with E-state index in [0.29, 0.717) is 25.1 Å². The topological polar surface area (TPSA) is 93.5 Å². The molecule has 0 aliphatic rings. The highest BCUT2D eigenvalue weighted by Crippen LogP contribution is 2.16. The number of benzene rings is 2. The summed E-state index contributed by atoms with van der Waals surface area (Å²) in [7, 11) is 1.58. The van der Waals surface area contributed by atoms with Crippen molar-refractivity contribution in [3.8, 4) is 5.75 Å². The second-order valence-electron chi connectivity index (χ2n) is 6.39. The first-order valence-corrected chi connectivity index (χ1v) is 9.00. The van der Waals surface area contributed by atoms with Crippen molar-refractivity contribution in [3.63, 3.8) is 0 Å². The van der Waals surface area contributed by atoms with Crippen LogP contribution in [0, 0.1) is 0 Å². The zero-order chi connectivity index (χ0) is 19.6. The van der Waals surface area contributed by atoms with Gasteiger partial charge in [0, 0.05) is 12.1 Å². The van der Waals surface area contributed by atoms with Crippen LogP contribution in [0.25, 0.3) is 0 Å². The van der Waals surface area contributed by atoms with Gasteiger partial charge in [-0.25, -0.2) is 0 Å². The van der Waals surface area contributed by atoms with Crippen molar-refractivity contribution in [1.82, 2.24) is 10.6 Å². The maximum Gasteiger partial charge on any atom is 0.242 e. The zero-order valence-corrected chi connectivity index (χ0v) is 15.8. The monoisotopic (exact) mass is 369 g/mol. The summed E-state index contributed by atoms with van der Waals surface area (Å²) in [6.45, 7) is 1.96. The summed E-state index contributed by atoms with van der Waals surface area (Å²) in [6, 6.07) is 16.0. The van der Waals surface area contributed by atoms with Gasteiger partial charge in [-0.3, -0.25) is 9.59 Å². The third-order valence-corrected chi connectivity index (χ3v) is 4.32. The van der Waals surface area contributed by atoms with Crippen molar-refractivity contribution in [2.45, 2.75) is 38.4 Å². The number of rotatable bonds is 9. The van der Waals surface area contributed by atoms with Gasteiger partial charge in [0.1, 0.15) is 11.8 Å². The molecule has 2 amide bonds. The molecule has 144 valence electrons. The van der Waals surface area contributed by atoms with Crippen molar-refractivity contribution in [1.29, 1.82) is 0 Å². The van der Waals surface area contributed by atoms with Crippen LogP contribution in [0.2, 0.25) is 0 Å². The molecule has 0 bridgehead atoms. The third-order valence-electron chi connectivity index (χ3n) is 4.32. The van der Waals surface area contributed by atoms with E-state index in [2.05, 4.69) is 10.6 Å². The van der Waals surface area contributed by atoms with Gasteiger partial charge < -0.3 is 21.1 Å². The largest absolute Gasteiger partial charge is 0.496 e. The molecule has 6 heteroatoms. The van der Waals surface area contributed by atoms with Crippen LogP contribution in [0.4, 0.5) is 0 Å². The van der Waals surface area contributed by atoms with E-state index in [4.69, 9.17) is 10.5 Å². The highest BCUT2D eigenvalue weighted by molar-refractivity contribution is 5.89. The maximum atomic E-state index is 12.2. The van der Waals surface area contributed by atoms with E-state index in [9.17, 15) is 9.59 Å². The van der Waals surface area contributed by atoms with E-state index in [1.165, 1.54) is 0 Å². The number of nitrogens with one attached hydrogen (secondary N) is 2. The van der Waals surface area contributed by atoms with Crippen LogP contribution in [0.3, 0.4) is 0 Å². The van der Waals surface area contributed by atoms with Gasteiger partial charge in [0.2, 0.25) is 11.8 Å². The first kappa shape index (κ1) is 20.5. The Balaban J connectivity index is 1.78. The Hall–Kier alpha value is -2.86. The fourth-order valence-electron chi connectivity index (χ4n) is 2.67. The van der Waals surface area contributed by atoms with Crippen molar-refractivity contribution < 1.29 is 14.3 Å². The molecule has 0 unspecified atom stereocenters. The van der Waals surface area contributed by atoms with Crippen molar-refractivity contribution in [3.05, 3.63) is 65.7 Å². The predicted molar refractivity (Wildman–Crippen MR) is 105 cm³/mol. The van der Waals surface area contributed by atoms with Crippen LogP contribution in [0.1, 0.15) is 24.5 Å². The van der Waals surface area contributed by atoms with Crippen LogP contribution in [0.5, 0.6) is 5.75 Å². The Kier molecular flexibility index (Phi) is 7.82. The Bertz CT molecular complexity index is 749. The molecule has 2 aromatic rings. The summed E-state index contributed by atoms with van der Waals surface area (Å²) in [6.07, 6.45) is 1.23. The number of ether oxygens (including phenoxy) is 1. The number of carbonyl (C=O) groups excluding carboxylic acids is 2. The van der Waals surface area contributed by atoms with Gasteiger partial charge in [0.15, 0.2) is 0 Å². The molecule has 0 heterocycles. The number of hydrogen-bond acceptors (Lipinski definition) is 4. The number of methoxy groups -OCH3 is 1. The Morgan fingerprint density at radius 1 is 1.04 bits per heavy atom. The van der Waals surface area contributed by atoms with Crippen molar-refractivity contribution in [2.75, 3.05) is 7.11 Å². The molecule has 0 aromatic heterocycles. The summed E-state index contributed by atoms with van der Waals surface area (Å²) in [4.78, 5) is 24.5. The fraction of sp³-hybridized carbons (Fsp3) is 0.333. The summed E-state index contributed by atoms with van der Waals surface area (Å²) < 4.78 is 5.26. The van der Waals surface area contributed by atoms with E-state index >= 15 is 0 Å². The van der Waals surface area contributed by atoms with E-state index in [1.54, 1.807) is 14.0 Å². The summed E-state index contributed by atoms with van der Waals surface area (Å²) in [5.41, 5.74) is 7.95. The quantitative estimate of drug-likeness (QED) is 0.628. The first-order chi connectivity index (χ1) is 13.0. The van der Waals surface area contributed by atoms with Crippen molar-refractivity contribution >= 4 is 11.8 Å². The lowest BCUT2D eigenvalue weighted by Gasteiger charge is -2.18. The van der Waals surface area contributed by atoms with E-state index in [0.717, 1.165) is 11.1 Å². The second-order valence-corrected chi connectivity index (χ2v) is 6.39. The van der Waals surface area contributed by atoms with Gasteiger partial charge in [-0.1, -0.05) is 48.5 Å². The van der Waals surface area contributed by atoms with E-state index in [1.807, 2.05) is 54.6 Å². The molecular weight excluding hydrogens is 342 g/mol. The normalized spacial score (nSPS) is 12.7. The molecule has 6 nitrogen and oxygen atoms in total. The average Bonchev–Trinajstić information content (AvgIpc) is 2.70. The number of amides is 2. The van der Waals surface area contributed by atoms with Gasteiger partial charge in [0.25, 0.3) is 0 Å². The molecule has 2 aromatic carbocycles. The molecule has 0 saturated carbocycles. The molecule has 0 aliphatic heterocycles. The molecule has 4 N–H and O–H groups in total. The lowest BCUT2D eigenvalue weighted by Crippen LogP contribution is -2.50. The number of carbonyl (C=O) groups is 2. The lowest BCUT2D eigenvalue weighted by molar-refractivity contribution is -0.129. The lowest BCUT2D eigenvalue weighted by atomic mass is 10.1. The zero-order valence-electron chi connectivity index (χ0n) is 15.8. The fourth-order valence-corrected chi connectivity index (χ4v) is 2.67. The van der Waals surface area contributed by atoms with Crippen molar-refractivity contribution in [2.24, 2.45) is 5.73 Å². The van der Waals surface area contributed by atoms with Gasteiger partial charge in [-0.2, -0.15) is 0 Å². The van der Waals surface area contributed by atoms with Gasteiger partial charge >= 0.3 is 0 Å². The second kappa shape index (κ2) is 10.3. The van der Waals surface area contributed by atoms with E-state index < -0.39 is 12.1 Å². The summed E-state index contributed by atoms with van der Waals surface area (Å²) >= 11 is 0. The Morgan fingerprint density at radius 3 is 2.41 bits per heavy atom. The minimum absolute atomic E-state index is 0.274. The molecule has 0 aliphatic carbocycles. The molecule has 0 fully saturated rings. The first-order valence-electron chi connectivity index (χ1n) is 9.00. The third kappa shape index (κ3) is 6.42. The smallest absolute Gasteiger partial charge is 0.242 e. The van der Waals surface area contributed by atoms with Crippen LogP contribution in [-0.2, 0) is 22.6 Å². The highest BCUT2D eigenvalue weighted by atomic mass is 16.5.